The molecule has 0 bridgehead atoms. The Bertz CT molecular complexity index is 1470. The maximum absolute atomic E-state index is 11.5. The minimum Gasteiger partial charge on any atom is -0.485 e. The summed E-state index contributed by atoms with van der Waals surface area (Å²) >= 11 is 0. The largest absolute Gasteiger partial charge is 0.485 e. The molecule has 168 valence electrons. The van der Waals surface area contributed by atoms with Crippen molar-refractivity contribution in [3.8, 4) is 11.5 Å². The van der Waals surface area contributed by atoms with Crippen LogP contribution in [-0.2, 0) is 13.2 Å². The number of aromatic amines is 2. The first kappa shape index (κ1) is 21.3. The molecule has 0 aliphatic heterocycles. The Morgan fingerprint density at radius 2 is 1.32 bits per heavy atom. The van der Waals surface area contributed by atoms with Crippen molar-refractivity contribution in [1.82, 2.24) is 9.97 Å². The van der Waals surface area contributed by atoms with Gasteiger partial charge in [0.05, 0.1) is 16.7 Å². The summed E-state index contributed by atoms with van der Waals surface area (Å²) in [5.74, 6) is 1.32. The Morgan fingerprint density at radius 3 is 2.03 bits per heavy atom. The predicted octanol–water partition coefficient (Wildman–Crippen LogP) is 5.76. The molecule has 4 aromatic carbocycles. The fourth-order valence-corrected chi connectivity index (χ4v) is 3.56. The van der Waals surface area contributed by atoms with Crippen LogP contribution < -0.4 is 15.2 Å². The molecule has 0 unspecified atom stereocenters. The molecule has 0 saturated heterocycles. The summed E-state index contributed by atoms with van der Waals surface area (Å²) in [7, 11) is 0. The van der Waals surface area contributed by atoms with Crippen LogP contribution in [-0.4, -0.2) is 16.2 Å². The number of aliphatic imine (C=N–C) groups is 1. The summed E-state index contributed by atoms with van der Waals surface area (Å²) in [6.07, 6.45) is 1.77. The van der Waals surface area contributed by atoms with Crippen molar-refractivity contribution >= 4 is 22.9 Å². The summed E-state index contributed by atoms with van der Waals surface area (Å²) in [5, 5.41) is 0. The summed E-state index contributed by atoms with van der Waals surface area (Å²) in [6, 6.07) is 31.3. The second-order valence-corrected chi connectivity index (χ2v) is 7.82. The first-order valence-electron chi connectivity index (χ1n) is 11.0. The van der Waals surface area contributed by atoms with Crippen LogP contribution in [0.2, 0.25) is 0 Å². The molecular formula is C28H23N3O3. The van der Waals surface area contributed by atoms with Gasteiger partial charge in [0.25, 0.3) is 0 Å². The Hall–Kier alpha value is -4.58. The quantitative estimate of drug-likeness (QED) is 0.295. The number of H-pyrrole nitrogens is 2. The van der Waals surface area contributed by atoms with Crippen molar-refractivity contribution in [3.05, 3.63) is 124 Å². The molecule has 5 rings (SSSR count). The van der Waals surface area contributed by atoms with Crippen molar-refractivity contribution in [2.75, 3.05) is 0 Å². The number of rotatable bonds is 8. The molecule has 0 spiro atoms. The van der Waals surface area contributed by atoms with Gasteiger partial charge in [-0.15, -0.1) is 0 Å². The van der Waals surface area contributed by atoms with E-state index in [4.69, 9.17) is 9.47 Å². The van der Waals surface area contributed by atoms with Gasteiger partial charge in [0.2, 0.25) is 0 Å². The van der Waals surface area contributed by atoms with Crippen LogP contribution in [0.3, 0.4) is 0 Å². The van der Waals surface area contributed by atoms with E-state index in [-0.39, 0.29) is 5.69 Å². The summed E-state index contributed by atoms with van der Waals surface area (Å²) in [5.41, 5.74) is 5.00. The number of hydrogen-bond donors (Lipinski definition) is 2. The molecule has 2 N–H and O–H groups in total. The number of hydrogen-bond acceptors (Lipinski definition) is 4. The van der Waals surface area contributed by atoms with Crippen LogP contribution in [0.25, 0.3) is 11.0 Å². The van der Waals surface area contributed by atoms with E-state index in [2.05, 4.69) is 15.0 Å². The molecule has 6 heteroatoms. The molecule has 0 saturated carbocycles. The average molecular weight is 450 g/mol. The van der Waals surface area contributed by atoms with Crippen LogP contribution in [0.1, 0.15) is 16.7 Å². The average Bonchev–Trinajstić information content (AvgIpc) is 3.26. The zero-order valence-corrected chi connectivity index (χ0v) is 18.4. The fourth-order valence-electron chi connectivity index (χ4n) is 3.56. The van der Waals surface area contributed by atoms with Crippen LogP contribution >= 0.6 is 0 Å². The van der Waals surface area contributed by atoms with E-state index in [1.165, 1.54) is 0 Å². The van der Waals surface area contributed by atoms with Crippen LogP contribution in [0.4, 0.5) is 5.69 Å². The number of imidazole rings is 1. The van der Waals surface area contributed by atoms with Crippen LogP contribution in [0, 0.1) is 0 Å². The Morgan fingerprint density at radius 1 is 0.676 bits per heavy atom. The lowest BCUT2D eigenvalue weighted by atomic mass is 10.2. The number of nitrogens with one attached hydrogen (secondary N) is 2. The van der Waals surface area contributed by atoms with Gasteiger partial charge in [0.15, 0.2) is 11.5 Å². The molecule has 0 aliphatic rings. The van der Waals surface area contributed by atoms with Gasteiger partial charge < -0.3 is 19.4 Å². The zero-order chi connectivity index (χ0) is 23.2. The van der Waals surface area contributed by atoms with Gasteiger partial charge in [0, 0.05) is 6.21 Å². The van der Waals surface area contributed by atoms with E-state index in [9.17, 15) is 4.79 Å². The highest BCUT2D eigenvalue weighted by Gasteiger charge is 2.08. The molecule has 1 aromatic heterocycles. The van der Waals surface area contributed by atoms with Gasteiger partial charge >= 0.3 is 5.69 Å². The predicted molar refractivity (Wildman–Crippen MR) is 134 cm³/mol. The first-order chi connectivity index (χ1) is 16.7. The topological polar surface area (TPSA) is 79.5 Å². The summed E-state index contributed by atoms with van der Waals surface area (Å²) in [4.78, 5) is 21.5. The van der Waals surface area contributed by atoms with E-state index >= 15 is 0 Å². The molecule has 34 heavy (non-hydrogen) atoms. The van der Waals surface area contributed by atoms with Crippen LogP contribution in [0.15, 0.2) is 107 Å². The van der Waals surface area contributed by atoms with Crippen molar-refractivity contribution in [1.29, 1.82) is 0 Å². The van der Waals surface area contributed by atoms with Crippen molar-refractivity contribution < 1.29 is 9.47 Å². The normalized spacial score (nSPS) is 11.2. The monoisotopic (exact) mass is 449 g/mol. The van der Waals surface area contributed by atoms with E-state index < -0.39 is 0 Å². The highest BCUT2D eigenvalue weighted by molar-refractivity contribution is 5.85. The van der Waals surface area contributed by atoms with Crippen LogP contribution in [0.5, 0.6) is 11.5 Å². The van der Waals surface area contributed by atoms with Gasteiger partial charge in [-0.3, -0.25) is 4.99 Å². The molecule has 0 radical (unpaired) electrons. The second-order valence-electron chi connectivity index (χ2n) is 7.82. The van der Waals surface area contributed by atoms with Crippen molar-refractivity contribution in [2.24, 2.45) is 4.99 Å². The molecule has 0 atom stereocenters. The molecule has 0 aliphatic carbocycles. The van der Waals surface area contributed by atoms with Gasteiger partial charge in [-0.2, -0.15) is 0 Å². The third kappa shape index (κ3) is 5.24. The summed E-state index contributed by atoms with van der Waals surface area (Å²) < 4.78 is 12.2. The molecule has 0 fully saturated rings. The summed E-state index contributed by atoms with van der Waals surface area (Å²) in [6.45, 7) is 0.880. The third-order valence-corrected chi connectivity index (χ3v) is 5.30. The van der Waals surface area contributed by atoms with E-state index in [0.29, 0.717) is 24.7 Å². The lowest BCUT2D eigenvalue weighted by Crippen LogP contribution is -2.01. The lowest BCUT2D eigenvalue weighted by molar-refractivity contribution is 0.256. The molecule has 0 amide bonds. The van der Waals surface area contributed by atoms with Gasteiger partial charge in [-0.1, -0.05) is 60.7 Å². The van der Waals surface area contributed by atoms with Crippen molar-refractivity contribution in [3.63, 3.8) is 0 Å². The molecule has 6 nitrogen and oxygen atoms in total. The highest BCUT2D eigenvalue weighted by atomic mass is 16.5. The molecule has 1 heterocycles. The maximum Gasteiger partial charge on any atom is 0.323 e. The second kappa shape index (κ2) is 9.92. The smallest absolute Gasteiger partial charge is 0.323 e. The number of benzene rings is 4. The van der Waals surface area contributed by atoms with Crippen molar-refractivity contribution in [2.45, 2.75) is 13.2 Å². The number of nitrogens with zero attached hydrogens (tertiary/aromatic N) is 1. The maximum atomic E-state index is 11.5. The minimum atomic E-state index is -0.234. The number of fused-ring (bicyclic) bond motifs is 1. The number of ether oxygens (including phenoxy) is 2. The van der Waals surface area contributed by atoms with Gasteiger partial charge in [-0.25, -0.2) is 4.79 Å². The fraction of sp³-hybridized carbons (Fsp3) is 0.0714. The van der Waals surface area contributed by atoms with Gasteiger partial charge in [-0.05, 0) is 53.1 Å². The first-order valence-corrected chi connectivity index (χ1v) is 11.0. The third-order valence-electron chi connectivity index (χ3n) is 5.30. The van der Waals surface area contributed by atoms with E-state index in [1.54, 1.807) is 6.21 Å². The Kier molecular flexibility index (Phi) is 6.21. The van der Waals surface area contributed by atoms with Gasteiger partial charge in [0.1, 0.15) is 13.2 Å². The SMILES string of the molecule is O=c1[nH]c2ccc(N=Cc3ccc(OCc4ccccc4)c(OCc4ccccc4)c3)cc2[nH]1. The highest BCUT2D eigenvalue weighted by Crippen LogP contribution is 2.30. The van der Waals surface area contributed by atoms with E-state index in [0.717, 1.165) is 33.4 Å². The minimum absolute atomic E-state index is 0.234. The van der Waals surface area contributed by atoms with E-state index in [1.807, 2.05) is 97.1 Å². The Labute approximate surface area is 196 Å². The lowest BCUT2D eigenvalue weighted by Gasteiger charge is -2.14. The standard InChI is InChI=1S/C28H23N3O3/c32-28-30-24-13-12-23(16-25(24)31-28)29-17-22-11-14-26(33-18-20-7-3-1-4-8-20)27(15-22)34-19-21-9-5-2-6-10-21/h1-17H,18-19H2,(H2,30,31,32). The zero-order valence-electron chi connectivity index (χ0n) is 18.4. The molecular weight excluding hydrogens is 426 g/mol. The molecule has 5 aromatic rings. The number of aromatic nitrogens is 2. The Balaban J connectivity index is 1.37.